The summed E-state index contributed by atoms with van der Waals surface area (Å²) in [7, 11) is 0. The van der Waals surface area contributed by atoms with Gasteiger partial charge in [-0.15, -0.1) is 0 Å². The normalized spacial score (nSPS) is 21.8. The molecule has 0 aromatic heterocycles. The molecule has 6 atom stereocenters. The Kier molecular flexibility index (Phi) is 13.3. The van der Waals surface area contributed by atoms with Gasteiger partial charge in [0.15, 0.2) is 0 Å². The number of ether oxygens (including phenoxy) is 1. The van der Waals surface area contributed by atoms with Gasteiger partial charge in [-0.2, -0.15) is 0 Å². The van der Waals surface area contributed by atoms with Gasteiger partial charge in [-0.3, -0.25) is 38.5 Å². The third-order valence-corrected chi connectivity index (χ3v) is 6.89. The number of hydrogen-bond acceptors (Lipinski definition) is 10. The first-order valence-corrected chi connectivity index (χ1v) is 14.1. The lowest BCUT2D eigenvalue weighted by atomic mass is 10.1. The molecule has 8 N–H and O–H groups in total. The van der Waals surface area contributed by atoms with Crippen molar-refractivity contribution in [2.24, 2.45) is 11.5 Å². The van der Waals surface area contributed by atoms with E-state index in [1.807, 2.05) is 0 Å². The molecular weight excluding hydrogens is 552 g/mol. The molecule has 2 saturated heterocycles. The van der Waals surface area contributed by atoms with Crippen molar-refractivity contribution < 1.29 is 38.3 Å². The highest BCUT2D eigenvalue weighted by Crippen LogP contribution is 2.16. The predicted octanol–water partition coefficient (Wildman–Crippen LogP) is -3.20. The molecule has 2 aliphatic heterocycles. The highest BCUT2D eigenvalue weighted by molar-refractivity contribution is 6.06. The van der Waals surface area contributed by atoms with E-state index in [-0.39, 0.29) is 88.2 Å². The minimum absolute atomic E-state index is 0.0463. The summed E-state index contributed by atoms with van der Waals surface area (Å²) in [5.74, 6) is -2.61. The monoisotopic (exact) mass is 596 g/mol. The fourth-order valence-corrected chi connectivity index (χ4v) is 4.55. The number of likely N-dealkylation sites (tertiary alicyclic amines) is 1. The Morgan fingerprint density at radius 3 is 1.76 bits per heavy atom. The average Bonchev–Trinajstić information content (AvgIpc) is 3.16. The zero-order valence-electron chi connectivity index (χ0n) is 24.6. The zero-order chi connectivity index (χ0) is 31.6. The Bertz CT molecular complexity index is 1040. The molecule has 0 aromatic rings. The number of imide groups is 1. The summed E-state index contributed by atoms with van der Waals surface area (Å²) < 4.78 is 5.26. The van der Waals surface area contributed by atoms with Crippen molar-refractivity contribution in [3.8, 4) is 0 Å². The minimum atomic E-state index is -0.877. The molecule has 2 rings (SSSR count). The van der Waals surface area contributed by atoms with Crippen LogP contribution in [0, 0.1) is 0 Å². The van der Waals surface area contributed by atoms with Gasteiger partial charge in [0.05, 0.1) is 19.1 Å². The first-order chi connectivity index (χ1) is 19.7. The van der Waals surface area contributed by atoms with E-state index in [4.69, 9.17) is 16.2 Å². The van der Waals surface area contributed by atoms with Gasteiger partial charge < -0.3 is 42.4 Å². The number of nitrogens with zero attached hydrogens (tertiary/aromatic N) is 2. The Balaban J connectivity index is 1.59. The molecular formula is C26H44N8O8. The molecule has 16 nitrogen and oxygen atoms in total. The number of carbonyl (C=O) groups is 7. The van der Waals surface area contributed by atoms with Crippen molar-refractivity contribution in [1.82, 2.24) is 31.1 Å². The molecule has 16 heteroatoms. The van der Waals surface area contributed by atoms with Gasteiger partial charge in [0.1, 0.15) is 12.8 Å². The van der Waals surface area contributed by atoms with Gasteiger partial charge in [0.25, 0.3) is 0 Å². The first kappa shape index (κ1) is 34.6. The molecule has 0 spiro atoms. The van der Waals surface area contributed by atoms with E-state index in [2.05, 4.69) is 21.3 Å². The van der Waals surface area contributed by atoms with Crippen LogP contribution in [0.15, 0.2) is 0 Å². The second-order valence-electron chi connectivity index (χ2n) is 11.0. The Hall–Kier alpha value is -3.63. The highest BCUT2D eigenvalue weighted by Gasteiger charge is 2.39. The van der Waals surface area contributed by atoms with E-state index in [9.17, 15) is 33.6 Å². The SMILES string of the molecule is CC(CNC(=O)CCC(=O)NCC(C)NC(=O)CC(C)N1C(=O)CC(N)C1=O)NC(=O)CC(C)N1COCC(N)C1=O. The smallest absolute Gasteiger partial charge is 0.246 e. The summed E-state index contributed by atoms with van der Waals surface area (Å²) >= 11 is 0. The van der Waals surface area contributed by atoms with Crippen molar-refractivity contribution in [2.45, 2.75) is 96.1 Å². The number of carbonyl (C=O) groups excluding carboxylic acids is 7. The summed E-state index contributed by atoms with van der Waals surface area (Å²) in [4.78, 5) is 87.5. The van der Waals surface area contributed by atoms with Crippen molar-refractivity contribution >= 4 is 41.4 Å². The van der Waals surface area contributed by atoms with E-state index in [1.54, 1.807) is 27.7 Å². The second kappa shape index (κ2) is 16.1. The van der Waals surface area contributed by atoms with E-state index in [0.717, 1.165) is 4.90 Å². The van der Waals surface area contributed by atoms with Gasteiger partial charge in [0.2, 0.25) is 41.4 Å². The Labute approximate surface area is 244 Å². The van der Waals surface area contributed by atoms with Crippen LogP contribution in [0.4, 0.5) is 0 Å². The van der Waals surface area contributed by atoms with Crippen LogP contribution in [-0.4, -0.2) is 114 Å². The summed E-state index contributed by atoms with van der Waals surface area (Å²) in [6.45, 7) is 7.21. The number of nitrogens with one attached hydrogen (secondary N) is 4. The number of amides is 7. The van der Waals surface area contributed by atoms with Crippen molar-refractivity contribution in [3.05, 3.63) is 0 Å². The van der Waals surface area contributed by atoms with Crippen LogP contribution >= 0.6 is 0 Å². The van der Waals surface area contributed by atoms with Crippen LogP contribution in [0.25, 0.3) is 0 Å². The number of rotatable bonds is 15. The van der Waals surface area contributed by atoms with E-state index < -0.39 is 47.9 Å². The Morgan fingerprint density at radius 2 is 1.29 bits per heavy atom. The van der Waals surface area contributed by atoms with Crippen LogP contribution < -0.4 is 32.7 Å². The Morgan fingerprint density at radius 1 is 0.786 bits per heavy atom. The summed E-state index contributed by atoms with van der Waals surface area (Å²) in [6.07, 6.45) is -0.266. The topological polar surface area (TPSA) is 235 Å². The number of nitrogens with two attached hydrogens (primary N) is 2. The third kappa shape index (κ3) is 10.6. The second-order valence-corrected chi connectivity index (χ2v) is 11.0. The summed E-state index contributed by atoms with van der Waals surface area (Å²) in [6, 6.07) is -3.49. The summed E-state index contributed by atoms with van der Waals surface area (Å²) in [5, 5.41) is 10.8. The average molecular weight is 597 g/mol. The molecule has 7 amide bonds. The molecule has 2 aliphatic rings. The largest absolute Gasteiger partial charge is 0.359 e. The lowest BCUT2D eigenvalue weighted by Crippen LogP contribution is -2.55. The van der Waals surface area contributed by atoms with Crippen LogP contribution in [0.5, 0.6) is 0 Å². The van der Waals surface area contributed by atoms with Crippen LogP contribution in [-0.2, 0) is 38.3 Å². The zero-order valence-corrected chi connectivity index (χ0v) is 24.6. The van der Waals surface area contributed by atoms with Gasteiger partial charge >= 0.3 is 0 Å². The maximum atomic E-state index is 12.4. The van der Waals surface area contributed by atoms with Gasteiger partial charge in [-0.05, 0) is 27.7 Å². The predicted molar refractivity (Wildman–Crippen MR) is 149 cm³/mol. The quantitative estimate of drug-likeness (QED) is 0.104. The lowest BCUT2D eigenvalue weighted by molar-refractivity contribution is -0.152. The van der Waals surface area contributed by atoms with Crippen molar-refractivity contribution in [2.75, 3.05) is 26.4 Å². The molecule has 2 heterocycles. The molecule has 0 saturated carbocycles. The molecule has 0 aromatic carbocycles. The standard InChI is InChI=1S/C26H44N8O8/c1-14(31-22(37)7-16(3)33-13-42-12-19(28)25(33)40)10-29-20(35)5-6-21(36)30-11-15(2)32-23(38)8-17(4)34-24(39)9-18(27)26(34)41/h14-19H,5-13,27-28H2,1-4H3,(H,29,35)(H,30,36)(H,31,37)(H,32,38). The molecule has 0 bridgehead atoms. The van der Waals surface area contributed by atoms with E-state index in [0.29, 0.717) is 0 Å². The molecule has 236 valence electrons. The van der Waals surface area contributed by atoms with Gasteiger partial charge in [-0.25, -0.2) is 0 Å². The highest BCUT2D eigenvalue weighted by atomic mass is 16.5. The number of hydrogen-bond donors (Lipinski definition) is 6. The van der Waals surface area contributed by atoms with Gasteiger partial charge in [0, 0.05) is 62.9 Å². The van der Waals surface area contributed by atoms with E-state index >= 15 is 0 Å². The lowest BCUT2D eigenvalue weighted by Gasteiger charge is -2.34. The minimum Gasteiger partial charge on any atom is -0.359 e. The molecule has 0 radical (unpaired) electrons. The summed E-state index contributed by atoms with van der Waals surface area (Å²) in [5.41, 5.74) is 11.3. The molecule has 0 aliphatic carbocycles. The maximum absolute atomic E-state index is 12.4. The maximum Gasteiger partial charge on any atom is 0.246 e. The van der Waals surface area contributed by atoms with Crippen molar-refractivity contribution in [1.29, 1.82) is 0 Å². The van der Waals surface area contributed by atoms with E-state index in [1.165, 1.54) is 4.90 Å². The fraction of sp³-hybridized carbons (Fsp3) is 0.731. The van der Waals surface area contributed by atoms with Crippen LogP contribution in [0.1, 0.15) is 59.8 Å². The molecule has 6 unspecified atom stereocenters. The molecule has 42 heavy (non-hydrogen) atoms. The molecule has 2 fully saturated rings. The van der Waals surface area contributed by atoms with Crippen molar-refractivity contribution in [3.63, 3.8) is 0 Å². The van der Waals surface area contributed by atoms with Gasteiger partial charge in [-0.1, -0.05) is 0 Å². The van der Waals surface area contributed by atoms with Crippen LogP contribution in [0.3, 0.4) is 0 Å². The first-order valence-electron chi connectivity index (χ1n) is 14.1. The third-order valence-electron chi connectivity index (χ3n) is 6.89. The van der Waals surface area contributed by atoms with Crippen LogP contribution in [0.2, 0.25) is 0 Å². The fourth-order valence-electron chi connectivity index (χ4n) is 4.55.